The SMILES string of the molecule is Cn1cc(C(=O)Nc2cn[nH]c2)c2ccccc21. The number of anilines is 1. The number of carbonyl (C=O) groups is 1. The second-order valence-corrected chi connectivity index (χ2v) is 4.11. The number of aryl methyl sites for hydroxylation is 1. The standard InChI is InChI=1S/C13H12N4O/c1-17-8-11(10-4-2-3-5-12(10)17)13(18)16-9-6-14-15-7-9/h2-8H,1H3,(H,14,15)(H,16,18). The molecule has 1 aromatic carbocycles. The van der Waals surface area contributed by atoms with Crippen LogP contribution in [0.3, 0.4) is 0 Å². The second-order valence-electron chi connectivity index (χ2n) is 4.11. The molecule has 0 bridgehead atoms. The third-order valence-electron chi connectivity index (χ3n) is 2.90. The Morgan fingerprint density at radius 2 is 2.22 bits per heavy atom. The van der Waals surface area contributed by atoms with Gasteiger partial charge in [-0.2, -0.15) is 5.10 Å². The van der Waals surface area contributed by atoms with Crippen molar-refractivity contribution in [3.63, 3.8) is 0 Å². The highest BCUT2D eigenvalue weighted by molar-refractivity contribution is 6.12. The molecular weight excluding hydrogens is 228 g/mol. The van der Waals surface area contributed by atoms with E-state index in [0.717, 1.165) is 10.9 Å². The topological polar surface area (TPSA) is 62.7 Å². The van der Waals surface area contributed by atoms with Gasteiger partial charge in [0.25, 0.3) is 5.91 Å². The number of aromatic nitrogens is 3. The lowest BCUT2D eigenvalue weighted by Crippen LogP contribution is -2.10. The minimum atomic E-state index is -0.131. The molecule has 0 radical (unpaired) electrons. The lowest BCUT2D eigenvalue weighted by Gasteiger charge is -2.00. The largest absolute Gasteiger partial charge is 0.350 e. The zero-order valence-electron chi connectivity index (χ0n) is 9.84. The van der Waals surface area contributed by atoms with Crippen LogP contribution in [-0.4, -0.2) is 20.7 Å². The summed E-state index contributed by atoms with van der Waals surface area (Å²) in [4.78, 5) is 12.2. The molecule has 5 nitrogen and oxygen atoms in total. The molecule has 2 heterocycles. The summed E-state index contributed by atoms with van der Waals surface area (Å²) in [6, 6.07) is 7.82. The van der Waals surface area contributed by atoms with Gasteiger partial charge in [0.2, 0.25) is 0 Å². The smallest absolute Gasteiger partial charge is 0.257 e. The first kappa shape index (κ1) is 10.6. The van der Waals surface area contributed by atoms with Crippen LogP contribution in [0.4, 0.5) is 5.69 Å². The Morgan fingerprint density at radius 1 is 1.39 bits per heavy atom. The van der Waals surface area contributed by atoms with E-state index in [2.05, 4.69) is 15.5 Å². The van der Waals surface area contributed by atoms with Gasteiger partial charge in [0.1, 0.15) is 0 Å². The van der Waals surface area contributed by atoms with Gasteiger partial charge < -0.3 is 9.88 Å². The van der Waals surface area contributed by atoms with Gasteiger partial charge in [-0.3, -0.25) is 9.89 Å². The van der Waals surface area contributed by atoms with E-state index in [4.69, 9.17) is 0 Å². The fourth-order valence-corrected chi connectivity index (χ4v) is 2.04. The Morgan fingerprint density at radius 3 is 3.00 bits per heavy atom. The van der Waals surface area contributed by atoms with Crippen molar-refractivity contribution < 1.29 is 4.79 Å². The molecule has 0 fully saturated rings. The Kier molecular flexibility index (Phi) is 2.37. The number of H-pyrrole nitrogens is 1. The number of amides is 1. The highest BCUT2D eigenvalue weighted by atomic mass is 16.1. The van der Waals surface area contributed by atoms with Gasteiger partial charge in [-0.05, 0) is 6.07 Å². The van der Waals surface area contributed by atoms with Crippen molar-refractivity contribution in [3.05, 3.63) is 48.4 Å². The summed E-state index contributed by atoms with van der Waals surface area (Å²) >= 11 is 0. The predicted molar refractivity (Wildman–Crippen MR) is 69.5 cm³/mol. The molecule has 1 amide bonds. The molecule has 3 aromatic rings. The lowest BCUT2D eigenvalue weighted by molar-refractivity contribution is 0.102. The summed E-state index contributed by atoms with van der Waals surface area (Å²) in [5.41, 5.74) is 2.36. The van der Waals surface area contributed by atoms with E-state index >= 15 is 0 Å². The predicted octanol–water partition coefficient (Wildman–Crippen LogP) is 2.15. The average Bonchev–Trinajstić information content (AvgIpc) is 2.98. The number of fused-ring (bicyclic) bond motifs is 1. The Labute approximate surface area is 103 Å². The molecule has 3 rings (SSSR count). The summed E-state index contributed by atoms with van der Waals surface area (Å²) in [6.45, 7) is 0. The third-order valence-corrected chi connectivity index (χ3v) is 2.90. The molecule has 0 unspecified atom stereocenters. The molecule has 0 spiro atoms. The zero-order chi connectivity index (χ0) is 12.5. The van der Waals surface area contributed by atoms with Gasteiger partial charge in [0.15, 0.2) is 0 Å². The molecule has 0 aliphatic rings. The number of nitrogens with zero attached hydrogens (tertiary/aromatic N) is 2. The maximum absolute atomic E-state index is 12.2. The summed E-state index contributed by atoms with van der Waals surface area (Å²) in [6.07, 6.45) is 5.05. The first-order valence-corrected chi connectivity index (χ1v) is 5.60. The maximum atomic E-state index is 12.2. The van der Waals surface area contributed by atoms with Crippen LogP contribution in [0, 0.1) is 0 Å². The van der Waals surface area contributed by atoms with Crippen molar-refractivity contribution in [3.8, 4) is 0 Å². The lowest BCUT2D eigenvalue weighted by atomic mass is 10.1. The van der Waals surface area contributed by atoms with E-state index in [9.17, 15) is 4.79 Å². The van der Waals surface area contributed by atoms with Crippen molar-refractivity contribution in [1.82, 2.24) is 14.8 Å². The molecule has 0 aliphatic carbocycles. The Bertz CT molecular complexity index is 697. The molecule has 5 heteroatoms. The first-order valence-electron chi connectivity index (χ1n) is 5.60. The number of carbonyl (C=O) groups excluding carboxylic acids is 1. The maximum Gasteiger partial charge on any atom is 0.257 e. The van der Waals surface area contributed by atoms with Crippen LogP contribution in [-0.2, 0) is 7.05 Å². The van der Waals surface area contributed by atoms with Crippen LogP contribution in [0.25, 0.3) is 10.9 Å². The molecule has 0 saturated carbocycles. The first-order chi connectivity index (χ1) is 8.75. The van der Waals surface area contributed by atoms with Crippen LogP contribution in [0.1, 0.15) is 10.4 Å². The summed E-state index contributed by atoms with van der Waals surface area (Å²) < 4.78 is 1.94. The highest BCUT2D eigenvalue weighted by Crippen LogP contribution is 2.21. The number of benzene rings is 1. The third kappa shape index (κ3) is 1.66. The highest BCUT2D eigenvalue weighted by Gasteiger charge is 2.13. The zero-order valence-corrected chi connectivity index (χ0v) is 9.84. The fourth-order valence-electron chi connectivity index (χ4n) is 2.04. The molecule has 18 heavy (non-hydrogen) atoms. The van der Waals surface area contributed by atoms with E-state index in [-0.39, 0.29) is 5.91 Å². The van der Waals surface area contributed by atoms with Crippen molar-refractivity contribution in [2.45, 2.75) is 0 Å². The molecule has 0 atom stereocenters. The number of rotatable bonds is 2. The van der Waals surface area contributed by atoms with Crippen molar-refractivity contribution in [2.75, 3.05) is 5.32 Å². The number of hydrogen-bond donors (Lipinski definition) is 2. The normalized spacial score (nSPS) is 10.7. The van der Waals surface area contributed by atoms with Crippen molar-refractivity contribution >= 4 is 22.5 Å². The number of aromatic amines is 1. The Hall–Kier alpha value is -2.56. The van der Waals surface area contributed by atoms with Gasteiger partial charge in [-0.15, -0.1) is 0 Å². The van der Waals surface area contributed by atoms with E-state index in [1.54, 1.807) is 12.4 Å². The van der Waals surface area contributed by atoms with Crippen LogP contribution in [0.15, 0.2) is 42.9 Å². The van der Waals surface area contributed by atoms with Gasteiger partial charge in [-0.25, -0.2) is 0 Å². The summed E-state index contributed by atoms with van der Waals surface area (Å²) in [7, 11) is 1.93. The second kappa shape index (κ2) is 4.03. The number of para-hydroxylation sites is 1. The van der Waals surface area contributed by atoms with E-state index in [1.165, 1.54) is 0 Å². The van der Waals surface area contributed by atoms with Crippen LogP contribution >= 0.6 is 0 Å². The van der Waals surface area contributed by atoms with Gasteiger partial charge in [0, 0.05) is 30.3 Å². The molecule has 0 aliphatic heterocycles. The fraction of sp³-hybridized carbons (Fsp3) is 0.0769. The summed E-state index contributed by atoms with van der Waals surface area (Å²) in [5.74, 6) is -0.131. The van der Waals surface area contributed by atoms with Gasteiger partial charge >= 0.3 is 0 Å². The van der Waals surface area contributed by atoms with E-state index in [1.807, 2.05) is 42.1 Å². The van der Waals surface area contributed by atoms with E-state index in [0.29, 0.717) is 11.3 Å². The Balaban J connectivity index is 2.01. The van der Waals surface area contributed by atoms with E-state index < -0.39 is 0 Å². The van der Waals surface area contributed by atoms with Crippen molar-refractivity contribution in [1.29, 1.82) is 0 Å². The number of hydrogen-bond acceptors (Lipinski definition) is 2. The quantitative estimate of drug-likeness (QED) is 0.721. The monoisotopic (exact) mass is 240 g/mol. The molecular formula is C13H12N4O. The van der Waals surface area contributed by atoms with Crippen molar-refractivity contribution in [2.24, 2.45) is 7.05 Å². The van der Waals surface area contributed by atoms with Crippen LogP contribution < -0.4 is 5.32 Å². The molecule has 0 saturated heterocycles. The summed E-state index contributed by atoms with van der Waals surface area (Å²) in [5, 5.41) is 10.2. The average molecular weight is 240 g/mol. The van der Waals surface area contributed by atoms with Gasteiger partial charge in [0.05, 0.1) is 17.4 Å². The molecule has 90 valence electrons. The van der Waals surface area contributed by atoms with Gasteiger partial charge in [-0.1, -0.05) is 18.2 Å². The number of nitrogens with one attached hydrogen (secondary N) is 2. The molecule has 2 N–H and O–H groups in total. The molecule has 2 aromatic heterocycles. The minimum absolute atomic E-state index is 0.131. The van der Waals surface area contributed by atoms with Crippen LogP contribution in [0.2, 0.25) is 0 Å². The minimum Gasteiger partial charge on any atom is -0.350 e. The van der Waals surface area contributed by atoms with Crippen LogP contribution in [0.5, 0.6) is 0 Å².